The molecule has 0 spiro atoms. The van der Waals surface area contributed by atoms with Gasteiger partial charge in [0.2, 0.25) is 0 Å². The Morgan fingerprint density at radius 2 is 2.00 bits per heavy atom. The molecule has 3 heteroatoms. The monoisotopic (exact) mass is 280 g/mol. The van der Waals surface area contributed by atoms with Gasteiger partial charge in [-0.05, 0) is 67.3 Å². The SMILES string of the molecule is Cc1ccc(NC(=O)c2cccc3c2CNCC3)cc1C. The van der Waals surface area contributed by atoms with Gasteiger partial charge in [-0.3, -0.25) is 4.79 Å². The predicted octanol–water partition coefficient (Wildman–Crippen LogP) is 3.20. The van der Waals surface area contributed by atoms with Crippen LogP contribution >= 0.6 is 0 Å². The summed E-state index contributed by atoms with van der Waals surface area (Å²) in [7, 11) is 0. The number of carbonyl (C=O) groups excluding carboxylic acids is 1. The third-order valence-corrected chi connectivity index (χ3v) is 4.16. The predicted molar refractivity (Wildman–Crippen MR) is 85.7 cm³/mol. The van der Waals surface area contributed by atoms with Crippen LogP contribution in [-0.2, 0) is 13.0 Å². The van der Waals surface area contributed by atoms with Crippen LogP contribution in [0.2, 0.25) is 0 Å². The third-order valence-electron chi connectivity index (χ3n) is 4.16. The highest BCUT2D eigenvalue weighted by Gasteiger charge is 2.17. The molecule has 2 aromatic rings. The van der Waals surface area contributed by atoms with E-state index >= 15 is 0 Å². The van der Waals surface area contributed by atoms with Gasteiger partial charge in [0.15, 0.2) is 0 Å². The second-order valence-electron chi connectivity index (χ2n) is 5.62. The molecule has 0 bridgehead atoms. The van der Waals surface area contributed by atoms with Crippen LogP contribution in [0.15, 0.2) is 36.4 Å². The fraction of sp³-hybridized carbons (Fsp3) is 0.278. The van der Waals surface area contributed by atoms with Gasteiger partial charge in [0, 0.05) is 17.8 Å². The van der Waals surface area contributed by atoms with E-state index in [0.29, 0.717) is 0 Å². The molecule has 3 nitrogen and oxygen atoms in total. The van der Waals surface area contributed by atoms with Gasteiger partial charge in [-0.15, -0.1) is 0 Å². The van der Waals surface area contributed by atoms with Gasteiger partial charge in [-0.25, -0.2) is 0 Å². The topological polar surface area (TPSA) is 41.1 Å². The first-order valence-corrected chi connectivity index (χ1v) is 7.35. The number of hydrogen-bond donors (Lipinski definition) is 2. The summed E-state index contributed by atoms with van der Waals surface area (Å²) in [5.41, 5.74) is 6.45. The lowest BCUT2D eigenvalue weighted by Crippen LogP contribution is -2.27. The molecule has 0 saturated carbocycles. The van der Waals surface area contributed by atoms with Gasteiger partial charge in [-0.2, -0.15) is 0 Å². The maximum atomic E-state index is 12.5. The van der Waals surface area contributed by atoms with E-state index in [1.54, 1.807) is 0 Å². The summed E-state index contributed by atoms with van der Waals surface area (Å²) < 4.78 is 0. The third kappa shape index (κ3) is 2.83. The fourth-order valence-electron chi connectivity index (χ4n) is 2.74. The first-order chi connectivity index (χ1) is 10.1. The number of anilines is 1. The Bertz CT molecular complexity index is 692. The van der Waals surface area contributed by atoms with Crippen molar-refractivity contribution in [2.75, 3.05) is 11.9 Å². The van der Waals surface area contributed by atoms with Crippen molar-refractivity contribution in [3.8, 4) is 0 Å². The number of carbonyl (C=O) groups is 1. The average Bonchev–Trinajstić information content (AvgIpc) is 2.50. The average molecular weight is 280 g/mol. The van der Waals surface area contributed by atoms with E-state index in [9.17, 15) is 4.79 Å². The van der Waals surface area contributed by atoms with Gasteiger partial charge in [0.1, 0.15) is 0 Å². The fourth-order valence-corrected chi connectivity index (χ4v) is 2.74. The molecule has 3 rings (SSSR count). The van der Waals surface area contributed by atoms with E-state index in [1.165, 1.54) is 16.7 Å². The Labute approximate surface area is 125 Å². The molecule has 1 amide bonds. The van der Waals surface area contributed by atoms with Crippen molar-refractivity contribution < 1.29 is 4.79 Å². The van der Waals surface area contributed by atoms with Crippen molar-refractivity contribution in [2.24, 2.45) is 0 Å². The van der Waals surface area contributed by atoms with Crippen molar-refractivity contribution in [2.45, 2.75) is 26.8 Å². The summed E-state index contributed by atoms with van der Waals surface area (Å²) in [6.45, 7) is 5.88. The molecule has 0 aliphatic carbocycles. The lowest BCUT2D eigenvalue weighted by Gasteiger charge is -2.20. The van der Waals surface area contributed by atoms with Gasteiger partial charge in [0.25, 0.3) is 5.91 Å². The Hall–Kier alpha value is -2.13. The first-order valence-electron chi connectivity index (χ1n) is 7.35. The number of amides is 1. The highest BCUT2D eigenvalue weighted by atomic mass is 16.1. The highest BCUT2D eigenvalue weighted by Crippen LogP contribution is 2.21. The van der Waals surface area contributed by atoms with Gasteiger partial charge in [-0.1, -0.05) is 18.2 Å². The lowest BCUT2D eigenvalue weighted by atomic mass is 9.95. The summed E-state index contributed by atoms with van der Waals surface area (Å²) in [6, 6.07) is 12.0. The number of benzene rings is 2. The van der Waals surface area contributed by atoms with Crippen LogP contribution in [0.4, 0.5) is 5.69 Å². The smallest absolute Gasteiger partial charge is 0.255 e. The number of rotatable bonds is 2. The molecule has 0 fully saturated rings. The second kappa shape index (κ2) is 5.70. The molecule has 2 N–H and O–H groups in total. The van der Waals surface area contributed by atoms with Crippen molar-refractivity contribution >= 4 is 11.6 Å². The minimum atomic E-state index is -0.0289. The molecule has 21 heavy (non-hydrogen) atoms. The number of hydrogen-bond acceptors (Lipinski definition) is 2. The summed E-state index contributed by atoms with van der Waals surface area (Å²) in [5, 5.41) is 6.35. The largest absolute Gasteiger partial charge is 0.322 e. The standard InChI is InChI=1S/C18H20N2O/c1-12-6-7-15(10-13(12)2)20-18(21)16-5-3-4-14-8-9-19-11-17(14)16/h3-7,10,19H,8-9,11H2,1-2H3,(H,20,21). The maximum Gasteiger partial charge on any atom is 0.255 e. The quantitative estimate of drug-likeness (QED) is 0.887. The van der Waals surface area contributed by atoms with E-state index in [4.69, 9.17) is 0 Å². The molecule has 0 saturated heterocycles. The molecule has 108 valence electrons. The van der Waals surface area contributed by atoms with Gasteiger partial charge in [0.05, 0.1) is 0 Å². The van der Waals surface area contributed by atoms with Crippen LogP contribution in [-0.4, -0.2) is 12.5 Å². The molecule has 0 radical (unpaired) electrons. The van der Waals surface area contributed by atoms with Gasteiger partial charge >= 0.3 is 0 Å². The molecular formula is C18H20N2O. The van der Waals surface area contributed by atoms with Crippen molar-refractivity contribution in [3.05, 3.63) is 64.2 Å². The van der Waals surface area contributed by atoms with E-state index < -0.39 is 0 Å². The van der Waals surface area contributed by atoms with Crippen LogP contribution < -0.4 is 10.6 Å². The van der Waals surface area contributed by atoms with Crippen molar-refractivity contribution in [1.82, 2.24) is 5.32 Å². The Balaban J connectivity index is 1.87. The minimum absolute atomic E-state index is 0.0289. The Morgan fingerprint density at radius 1 is 1.14 bits per heavy atom. The molecule has 2 aromatic carbocycles. The summed E-state index contributed by atoms with van der Waals surface area (Å²) in [5.74, 6) is -0.0289. The minimum Gasteiger partial charge on any atom is -0.322 e. The van der Waals surface area contributed by atoms with Crippen molar-refractivity contribution in [1.29, 1.82) is 0 Å². The number of nitrogens with one attached hydrogen (secondary N) is 2. The zero-order valence-electron chi connectivity index (χ0n) is 12.5. The normalized spacial score (nSPS) is 13.6. The summed E-state index contributed by atoms with van der Waals surface area (Å²) >= 11 is 0. The van der Waals surface area contributed by atoms with Crippen LogP contribution in [0.5, 0.6) is 0 Å². The van der Waals surface area contributed by atoms with E-state index in [-0.39, 0.29) is 5.91 Å². The second-order valence-corrected chi connectivity index (χ2v) is 5.62. The van der Waals surface area contributed by atoms with Gasteiger partial charge < -0.3 is 10.6 Å². The number of fused-ring (bicyclic) bond motifs is 1. The van der Waals surface area contributed by atoms with Crippen LogP contribution in [0, 0.1) is 13.8 Å². The Kier molecular flexibility index (Phi) is 3.76. The molecule has 1 aliphatic rings. The molecule has 0 aromatic heterocycles. The van der Waals surface area contributed by atoms with Crippen molar-refractivity contribution in [3.63, 3.8) is 0 Å². The molecule has 0 atom stereocenters. The highest BCUT2D eigenvalue weighted by molar-refractivity contribution is 6.05. The van der Waals surface area contributed by atoms with E-state index in [2.05, 4.69) is 30.5 Å². The maximum absolute atomic E-state index is 12.5. The van der Waals surface area contributed by atoms with E-state index in [0.717, 1.165) is 36.3 Å². The summed E-state index contributed by atoms with van der Waals surface area (Å²) in [4.78, 5) is 12.5. The number of aryl methyl sites for hydroxylation is 2. The zero-order valence-corrected chi connectivity index (χ0v) is 12.5. The first kappa shape index (κ1) is 13.8. The summed E-state index contributed by atoms with van der Waals surface area (Å²) in [6.07, 6.45) is 0.986. The zero-order chi connectivity index (χ0) is 14.8. The molecule has 1 heterocycles. The van der Waals surface area contributed by atoms with Crippen LogP contribution in [0.3, 0.4) is 0 Å². The Morgan fingerprint density at radius 3 is 2.81 bits per heavy atom. The molecular weight excluding hydrogens is 260 g/mol. The van der Waals surface area contributed by atoms with Crippen LogP contribution in [0.1, 0.15) is 32.6 Å². The molecule has 1 aliphatic heterocycles. The van der Waals surface area contributed by atoms with E-state index in [1.807, 2.05) is 30.3 Å². The lowest BCUT2D eigenvalue weighted by molar-refractivity contribution is 0.102. The molecule has 0 unspecified atom stereocenters. The van der Waals surface area contributed by atoms with Crippen LogP contribution in [0.25, 0.3) is 0 Å².